The topological polar surface area (TPSA) is 40.5 Å². The van der Waals surface area contributed by atoms with E-state index in [9.17, 15) is 18.0 Å². The molecule has 76 valence electrons. The van der Waals surface area contributed by atoms with Crippen LogP contribution < -0.4 is 0 Å². The second-order valence-electron chi connectivity index (χ2n) is 3.15. The minimum atomic E-state index is -4.32. The van der Waals surface area contributed by atoms with Gasteiger partial charge >= 0.3 is 12.1 Å². The number of rotatable bonds is 1. The molecule has 1 rings (SSSR count). The molecule has 1 aliphatic rings. The Bertz CT molecular complexity index is 216. The third kappa shape index (κ3) is 1.93. The van der Waals surface area contributed by atoms with Crippen LogP contribution in [-0.4, -0.2) is 41.3 Å². The first-order valence-electron chi connectivity index (χ1n) is 3.85. The minimum Gasteiger partial charge on any atom is -0.480 e. The van der Waals surface area contributed by atoms with Crippen molar-refractivity contribution in [2.75, 3.05) is 7.05 Å². The number of likely N-dealkylation sites (N-methyl/N-ethyl adjacent to an activating group) is 1. The van der Waals surface area contributed by atoms with E-state index in [4.69, 9.17) is 5.11 Å². The number of carbonyl (C=O) groups is 1. The molecule has 0 radical (unpaired) electrons. The number of carboxylic acids is 1. The average molecular weight is 197 g/mol. The van der Waals surface area contributed by atoms with Gasteiger partial charge < -0.3 is 5.11 Å². The number of carboxylic acid groups (broad SMARTS) is 1. The Balaban J connectivity index is 2.71. The number of aliphatic carboxylic acids is 1. The zero-order valence-corrected chi connectivity index (χ0v) is 7.01. The van der Waals surface area contributed by atoms with Crippen LogP contribution in [0.2, 0.25) is 0 Å². The smallest absolute Gasteiger partial charge is 0.404 e. The summed E-state index contributed by atoms with van der Waals surface area (Å²) in [5, 5.41) is 8.56. The third-order valence-electron chi connectivity index (χ3n) is 2.36. The molecule has 1 saturated heterocycles. The quantitative estimate of drug-likeness (QED) is 0.684. The summed E-state index contributed by atoms with van der Waals surface area (Å²) in [6.07, 6.45) is -4.38. The predicted octanol–water partition coefficient (Wildman–Crippen LogP) is 1.10. The minimum absolute atomic E-state index is 0.0655. The van der Waals surface area contributed by atoms with Gasteiger partial charge in [-0.3, -0.25) is 9.69 Å². The summed E-state index contributed by atoms with van der Waals surface area (Å²) in [6.45, 7) is 0. The lowest BCUT2D eigenvalue weighted by molar-refractivity contribution is -0.178. The predicted molar refractivity (Wildman–Crippen MR) is 38.3 cm³/mol. The first-order chi connectivity index (χ1) is 5.84. The maximum Gasteiger partial charge on any atom is 0.404 e. The van der Waals surface area contributed by atoms with Gasteiger partial charge in [-0.25, -0.2) is 0 Å². The third-order valence-corrected chi connectivity index (χ3v) is 2.36. The molecule has 1 fully saturated rings. The summed E-state index contributed by atoms with van der Waals surface area (Å²) in [5.74, 6) is -1.19. The summed E-state index contributed by atoms with van der Waals surface area (Å²) in [5.41, 5.74) is 0. The molecule has 1 heterocycles. The molecule has 0 aliphatic carbocycles. The summed E-state index contributed by atoms with van der Waals surface area (Å²) in [6, 6.07) is -2.60. The highest BCUT2D eigenvalue weighted by molar-refractivity contribution is 5.73. The molecule has 13 heavy (non-hydrogen) atoms. The fourth-order valence-corrected chi connectivity index (χ4v) is 1.63. The van der Waals surface area contributed by atoms with E-state index in [1.165, 1.54) is 7.05 Å². The molecule has 0 aromatic heterocycles. The van der Waals surface area contributed by atoms with Gasteiger partial charge in [0.1, 0.15) is 12.1 Å². The molecule has 0 saturated carbocycles. The Morgan fingerprint density at radius 3 is 2.23 bits per heavy atom. The van der Waals surface area contributed by atoms with Crippen molar-refractivity contribution in [1.29, 1.82) is 0 Å². The van der Waals surface area contributed by atoms with Gasteiger partial charge in [0.15, 0.2) is 0 Å². The molecule has 0 spiro atoms. The van der Waals surface area contributed by atoms with Crippen LogP contribution in [0.3, 0.4) is 0 Å². The number of hydrogen-bond acceptors (Lipinski definition) is 2. The van der Waals surface area contributed by atoms with Crippen molar-refractivity contribution in [3.63, 3.8) is 0 Å². The normalized spacial score (nSPS) is 30.8. The molecule has 1 N–H and O–H groups in total. The number of likely N-dealkylation sites (tertiary alicyclic amines) is 1. The monoisotopic (exact) mass is 197 g/mol. The van der Waals surface area contributed by atoms with Gasteiger partial charge in [-0.05, 0) is 19.9 Å². The lowest BCUT2D eigenvalue weighted by atomic mass is 10.2. The molecule has 0 amide bonds. The van der Waals surface area contributed by atoms with E-state index in [2.05, 4.69) is 0 Å². The van der Waals surface area contributed by atoms with E-state index < -0.39 is 24.2 Å². The fraction of sp³-hybridized carbons (Fsp3) is 0.857. The van der Waals surface area contributed by atoms with Crippen LogP contribution in [-0.2, 0) is 4.79 Å². The van der Waals surface area contributed by atoms with E-state index in [0.29, 0.717) is 0 Å². The molecule has 3 nitrogen and oxygen atoms in total. The van der Waals surface area contributed by atoms with Crippen LogP contribution in [0.15, 0.2) is 0 Å². The summed E-state index contributed by atoms with van der Waals surface area (Å²) in [4.78, 5) is 11.4. The van der Waals surface area contributed by atoms with E-state index in [-0.39, 0.29) is 12.8 Å². The second-order valence-corrected chi connectivity index (χ2v) is 3.15. The van der Waals surface area contributed by atoms with Gasteiger partial charge in [0.05, 0.1) is 0 Å². The highest BCUT2D eigenvalue weighted by Crippen LogP contribution is 2.34. The van der Waals surface area contributed by atoms with Crippen LogP contribution in [0, 0.1) is 0 Å². The van der Waals surface area contributed by atoms with Crippen molar-refractivity contribution in [3.8, 4) is 0 Å². The van der Waals surface area contributed by atoms with Gasteiger partial charge in [-0.1, -0.05) is 0 Å². The SMILES string of the molecule is CN1[C@@H](C(=O)O)CC[C@H]1C(F)(F)F. The Hall–Kier alpha value is -0.780. The van der Waals surface area contributed by atoms with Crippen molar-refractivity contribution in [2.45, 2.75) is 31.1 Å². The molecule has 0 aromatic rings. The largest absolute Gasteiger partial charge is 0.480 e. The van der Waals surface area contributed by atoms with Crippen molar-refractivity contribution in [1.82, 2.24) is 4.90 Å². The Labute approximate surface area is 73.1 Å². The van der Waals surface area contributed by atoms with E-state index in [0.717, 1.165) is 4.90 Å². The Morgan fingerprint density at radius 1 is 1.46 bits per heavy atom. The lowest BCUT2D eigenvalue weighted by Gasteiger charge is -2.24. The van der Waals surface area contributed by atoms with Gasteiger partial charge in [-0.15, -0.1) is 0 Å². The molecule has 2 atom stereocenters. The van der Waals surface area contributed by atoms with Gasteiger partial charge in [0.25, 0.3) is 0 Å². The Morgan fingerprint density at radius 2 is 2.00 bits per heavy atom. The van der Waals surface area contributed by atoms with Crippen LogP contribution >= 0.6 is 0 Å². The van der Waals surface area contributed by atoms with E-state index in [1.54, 1.807) is 0 Å². The zero-order valence-electron chi connectivity index (χ0n) is 7.01. The number of hydrogen-bond donors (Lipinski definition) is 1. The fourth-order valence-electron chi connectivity index (χ4n) is 1.63. The van der Waals surface area contributed by atoms with Crippen molar-refractivity contribution >= 4 is 5.97 Å². The van der Waals surface area contributed by atoms with Gasteiger partial charge in [0.2, 0.25) is 0 Å². The van der Waals surface area contributed by atoms with Crippen molar-refractivity contribution in [3.05, 3.63) is 0 Å². The molecular formula is C7H10F3NO2. The average Bonchev–Trinajstić information content (AvgIpc) is 2.28. The van der Waals surface area contributed by atoms with Crippen molar-refractivity contribution in [2.24, 2.45) is 0 Å². The summed E-state index contributed by atoms with van der Waals surface area (Å²) in [7, 11) is 1.20. The van der Waals surface area contributed by atoms with E-state index in [1.807, 2.05) is 0 Å². The number of halogens is 3. The Kier molecular flexibility index (Phi) is 2.51. The van der Waals surface area contributed by atoms with Crippen LogP contribution in [0.4, 0.5) is 13.2 Å². The van der Waals surface area contributed by atoms with Gasteiger partial charge in [-0.2, -0.15) is 13.2 Å². The number of alkyl halides is 3. The van der Waals surface area contributed by atoms with E-state index >= 15 is 0 Å². The molecule has 0 bridgehead atoms. The van der Waals surface area contributed by atoms with Crippen LogP contribution in [0.5, 0.6) is 0 Å². The first-order valence-corrected chi connectivity index (χ1v) is 3.85. The second kappa shape index (κ2) is 3.17. The maximum absolute atomic E-state index is 12.2. The highest BCUT2D eigenvalue weighted by Gasteiger charge is 2.49. The van der Waals surface area contributed by atoms with Crippen molar-refractivity contribution < 1.29 is 23.1 Å². The number of nitrogens with zero attached hydrogens (tertiary/aromatic N) is 1. The zero-order chi connectivity index (χ0) is 10.2. The first kappa shape index (κ1) is 10.3. The van der Waals surface area contributed by atoms with Crippen LogP contribution in [0.25, 0.3) is 0 Å². The molecule has 0 aromatic carbocycles. The summed E-state index contributed by atoms with van der Waals surface area (Å²) >= 11 is 0. The maximum atomic E-state index is 12.2. The highest BCUT2D eigenvalue weighted by atomic mass is 19.4. The lowest BCUT2D eigenvalue weighted by Crippen LogP contribution is -2.44. The molecule has 1 aliphatic heterocycles. The molecular weight excluding hydrogens is 187 g/mol. The van der Waals surface area contributed by atoms with Crippen LogP contribution in [0.1, 0.15) is 12.8 Å². The summed E-state index contributed by atoms with van der Waals surface area (Å²) < 4.78 is 36.6. The van der Waals surface area contributed by atoms with Gasteiger partial charge in [0, 0.05) is 0 Å². The molecule has 6 heteroatoms. The standard InChI is InChI=1S/C7H10F3NO2/c1-11-4(6(12)13)2-3-5(11)7(8,9)10/h4-5H,2-3H2,1H3,(H,12,13)/t4-,5+/m1/s1. The molecule has 0 unspecified atom stereocenters.